The molecule has 0 bridgehead atoms. The molecule has 9 heteroatoms. The largest absolute Gasteiger partial charge is 0.390 e. The summed E-state index contributed by atoms with van der Waals surface area (Å²) in [6, 6.07) is 9.51. The molecule has 0 spiro atoms. The van der Waals surface area contributed by atoms with Crippen LogP contribution in [0.4, 0.5) is 11.5 Å². The summed E-state index contributed by atoms with van der Waals surface area (Å²) in [6.07, 6.45) is 5.19. The molecule has 3 N–H and O–H groups in total. The number of hydrogen-bond acceptors (Lipinski definition) is 6. The smallest absolute Gasteiger partial charge is 0.261 e. The van der Waals surface area contributed by atoms with Gasteiger partial charge in [-0.1, -0.05) is 0 Å². The molecule has 3 aromatic rings. The van der Waals surface area contributed by atoms with Gasteiger partial charge < -0.3 is 20.3 Å². The van der Waals surface area contributed by atoms with Gasteiger partial charge in [0, 0.05) is 30.5 Å². The maximum Gasteiger partial charge on any atom is 0.261 e. The first-order chi connectivity index (χ1) is 16.8. The van der Waals surface area contributed by atoms with E-state index in [0.29, 0.717) is 60.6 Å². The molecular formula is C26H30N6O3. The third-order valence-corrected chi connectivity index (χ3v) is 7.26. The van der Waals surface area contributed by atoms with Crippen molar-refractivity contribution in [3.8, 4) is 6.07 Å². The standard InChI is InChI=1S/C26H30N6O3/c1-16-15-18(5-6-19(16)25(34)31-13-9-26(2,35)10-14-31)29-23-22-21(8-12-28-24(22)33)32(30-23)20(7-11-27)17-3-4-17/h5-6,8,12,15,17,20,35H,3-4,7,9-10,13-14H2,1-2H3,(H,28,33)(H,29,30)/t20-/m0/s1. The van der Waals surface area contributed by atoms with Crippen molar-refractivity contribution in [3.63, 3.8) is 0 Å². The number of likely N-dealkylation sites (tertiary alicyclic amines) is 1. The van der Waals surface area contributed by atoms with Crippen LogP contribution >= 0.6 is 0 Å². The lowest BCUT2D eigenvalue weighted by molar-refractivity contribution is -0.00204. The second-order valence-electron chi connectivity index (χ2n) is 10.1. The molecule has 9 nitrogen and oxygen atoms in total. The average Bonchev–Trinajstić information content (AvgIpc) is 3.59. The summed E-state index contributed by atoms with van der Waals surface area (Å²) in [7, 11) is 0. The lowest BCUT2D eigenvalue weighted by Crippen LogP contribution is -2.45. The van der Waals surface area contributed by atoms with Gasteiger partial charge in [-0.05, 0) is 75.3 Å². The minimum Gasteiger partial charge on any atom is -0.390 e. The normalized spacial score (nSPS) is 18.3. The van der Waals surface area contributed by atoms with Crippen molar-refractivity contribution in [2.75, 3.05) is 18.4 Å². The summed E-state index contributed by atoms with van der Waals surface area (Å²) >= 11 is 0. The van der Waals surface area contributed by atoms with E-state index < -0.39 is 5.60 Å². The molecule has 2 fully saturated rings. The number of rotatable bonds is 6. The molecule has 0 unspecified atom stereocenters. The second-order valence-corrected chi connectivity index (χ2v) is 10.1. The summed E-state index contributed by atoms with van der Waals surface area (Å²) in [5, 5.41) is 28.0. The Hall–Kier alpha value is -3.64. The minimum atomic E-state index is -0.713. The highest BCUT2D eigenvalue weighted by Gasteiger charge is 2.35. The Balaban J connectivity index is 1.43. The molecule has 1 amide bonds. The Morgan fingerprint density at radius 3 is 2.74 bits per heavy atom. The number of H-pyrrole nitrogens is 1. The SMILES string of the molecule is Cc1cc(Nc2nn([C@@H](CC#N)C3CC3)c3cc[nH]c(=O)c23)ccc1C(=O)N1CCC(C)(O)CC1. The number of nitrogens with zero attached hydrogens (tertiary/aromatic N) is 4. The van der Waals surface area contributed by atoms with Crippen molar-refractivity contribution < 1.29 is 9.90 Å². The predicted molar refractivity (Wildman–Crippen MR) is 133 cm³/mol. The number of amides is 1. The first kappa shape index (κ1) is 23.1. The number of fused-ring (bicyclic) bond motifs is 1. The number of nitrogens with one attached hydrogen (secondary N) is 2. The Kier molecular flexibility index (Phi) is 5.85. The minimum absolute atomic E-state index is 0.0421. The topological polar surface area (TPSA) is 127 Å². The molecule has 5 rings (SSSR count). The summed E-state index contributed by atoms with van der Waals surface area (Å²) in [4.78, 5) is 30.3. The predicted octanol–water partition coefficient (Wildman–Crippen LogP) is 3.63. The van der Waals surface area contributed by atoms with Gasteiger partial charge in [-0.15, -0.1) is 0 Å². The number of carbonyl (C=O) groups is 1. The molecular weight excluding hydrogens is 444 g/mol. The zero-order chi connectivity index (χ0) is 24.7. The van der Waals surface area contributed by atoms with Crippen molar-refractivity contribution in [1.29, 1.82) is 5.26 Å². The number of aryl methyl sites for hydroxylation is 1. The van der Waals surface area contributed by atoms with Crippen LogP contribution < -0.4 is 10.9 Å². The Bertz CT molecular complexity index is 1370. The third kappa shape index (κ3) is 4.54. The molecule has 1 atom stereocenters. The van der Waals surface area contributed by atoms with Crippen LogP contribution in [0.15, 0.2) is 35.3 Å². The Labute approximate surface area is 203 Å². The fraction of sp³-hybridized carbons (Fsp3) is 0.462. The second kappa shape index (κ2) is 8.86. The van der Waals surface area contributed by atoms with E-state index in [4.69, 9.17) is 5.10 Å². The highest BCUT2D eigenvalue weighted by molar-refractivity contribution is 5.96. The van der Waals surface area contributed by atoms with Crippen molar-refractivity contribution in [3.05, 3.63) is 51.9 Å². The van der Waals surface area contributed by atoms with Crippen LogP contribution in [0, 0.1) is 24.2 Å². The number of anilines is 2. The lowest BCUT2D eigenvalue weighted by Gasteiger charge is -2.36. The number of hydrogen-bond donors (Lipinski definition) is 3. The molecule has 35 heavy (non-hydrogen) atoms. The molecule has 182 valence electrons. The lowest BCUT2D eigenvalue weighted by atomic mass is 9.93. The van der Waals surface area contributed by atoms with Gasteiger partial charge in [0.2, 0.25) is 0 Å². The highest BCUT2D eigenvalue weighted by atomic mass is 16.3. The molecule has 1 saturated carbocycles. The number of pyridine rings is 1. The number of carbonyl (C=O) groups excluding carboxylic acids is 1. The van der Waals surface area contributed by atoms with Crippen molar-refractivity contribution in [2.45, 2.75) is 57.6 Å². The van der Waals surface area contributed by atoms with E-state index in [2.05, 4.69) is 16.4 Å². The first-order valence-electron chi connectivity index (χ1n) is 12.1. The van der Waals surface area contributed by atoms with Gasteiger partial charge >= 0.3 is 0 Å². The molecule has 2 aromatic heterocycles. The van der Waals surface area contributed by atoms with Crippen LogP contribution in [-0.4, -0.2) is 49.4 Å². The summed E-state index contributed by atoms with van der Waals surface area (Å²) in [5.74, 6) is 0.789. The van der Waals surface area contributed by atoms with E-state index in [0.717, 1.165) is 24.1 Å². The van der Waals surface area contributed by atoms with Gasteiger partial charge in [0.15, 0.2) is 5.82 Å². The van der Waals surface area contributed by atoms with Crippen LogP contribution in [0.1, 0.15) is 61.0 Å². The van der Waals surface area contributed by atoms with E-state index in [1.807, 2.05) is 36.7 Å². The van der Waals surface area contributed by atoms with Crippen LogP contribution in [-0.2, 0) is 0 Å². The molecule has 1 aliphatic carbocycles. The molecule has 3 heterocycles. The number of benzene rings is 1. The molecule has 1 aromatic carbocycles. The van der Waals surface area contributed by atoms with Crippen molar-refractivity contribution in [1.82, 2.24) is 19.7 Å². The van der Waals surface area contributed by atoms with Gasteiger partial charge in [-0.3, -0.25) is 14.3 Å². The monoisotopic (exact) mass is 474 g/mol. The molecule has 0 radical (unpaired) electrons. The number of nitriles is 1. The number of aliphatic hydroxyl groups is 1. The van der Waals surface area contributed by atoms with E-state index in [-0.39, 0.29) is 17.5 Å². The zero-order valence-electron chi connectivity index (χ0n) is 20.0. The number of aromatic amines is 1. The Morgan fingerprint density at radius 2 is 2.09 bits per heavy atom. The zero-order valence-corrected chi connectivity index (χ0v) is 20.0. The first-order valence-corrected chi connectivity index (χ1v) is 12.1. The molecule has 1 aliphatic heterocycles. The molecule has 2 aliphatic rings. The van der Waals surface area contributed by atoms with Gasteiger partial charge in [0.1, 0.15) is 5.39 Å². The number of piperidine rings is 1. The fourth-order valence-electron chi connectivity index (χ4n) is 4.95. The van der Waals surface area contributed by atoms with E-state index in [1.165, 1.54) is 0 Å². The van der Waals surface area contributed by atoms with Crippen molar-refractivity contribution in [2.24, 2.45) is 5.92 Å². The summed E-state index contributed by atoms with van der Waals surface area (Å²) in [5.41, 5.74) is 1.90. The maximum absolute atomic E-state index is 13.1. The average molecular weight is 475 g/mol. The highest BCUT2D eigenvalue weighted by Crippen LogP contribution is 2.43. The van der Waals surface area contributed by atoms with E-state index in [1.54, 1.807) is 17.2 Å². The maximum atomic E-state index is 13.1. The number of aromatic nitrogens is 3. The van der Waals surface area contributed by atoms with Crippen molar-refractivity contribution >= 4 is 28.3 Å². The summed E-state index contributed by atoms with van der Waals surface area (Å²) < 4.78 is 1.82. The third-order valence-electron chi connectivity index (χ3n) is 7.26. The fourth-order valence-corrected chi connectivity index (χ4v) is 4.95. The van der Waals surface area contributed by atoms with Crippen LogP contribution in [0.3, 0.4) is 0 Å². The van der Waals surface area contributed by atoms with Gasteiger partial charge in [-0.25, -0.2) is 0 Å². The van der Waals surface area contributed by atoms with Crippen LogP contribution in [0.5, 0.6) is 0 Å². The quantitative estimate of drug-likeness (QED) is 0.501. The van der Waals surface area contributed by atoms with Crippen LogP contribution in [0.25, 0.3) is 10.9 Å². The van der Waals surface area contributed by atoms with Gasteiger partial charge in [-0.2, -0.15) is 10.4 Å². The van der Waals surface area contributed by atoms with E-state index >= 15 is 0 Å². The van der Waals surface area contributed by atoms with E-state index in [9.17, 15) is 20.0 Å². The molecule has 1 saturated heterocycles. The van der Waals surface area contributed by atoms with Crippen LogP contribution in [0.2, 0.25) is 0 Å². The van der Waals surface area contributed by atoms with Gasteiger partial charge in [0.05, 0.1) is 29.6 Å². The Morgan fingerprint density at radius 1 is 1.34 bits per heavy atom. The summed E-state index contributed by atoms with van der Waals surface area (Å²) in [6.45, 7) is 4.76. The van der Waals surface area contributed by atoms with Gasteiger partial charge in [0.25, 0.3) is 11.5 Å².